The maximum atomic E-state index is 13.1. The van der Waals surface area contributed by atoms with Gasteiger partial charge in [-0.3, -0.25) is 14.5 Å². The number of benzene rings is 2. The predicted molar refractivity (Wildman–Crippen MR) is 122 cm³/mol. The number of hydrogen-bond acceptors (Lipinski definition) is 4. The first kappa shape index (κ1) is 21.6. The first-order chi connectivity index (χ1) is 15.0. The molecule has 1 amide bonds. The zero-order valence-electron chi connectivity index (χ0n) is 18.8. The van der Waals surface area contributed by atoms with Crippen LogP contribution in [0.3, 0.4) is 0 Å². The number of rotatable bonds is 5. The lowest BCUT2D eigenvalue weighted by Crippen LogP contribution is -2.57. The van der Waals surface area contributed by atoms with Gasteiger partial charge in [-0.2, -0.15) is 0 Å². The average molecular weight is 421 g/mol. The van der Waals surface area contributed by atoms with Crippen LogP contribution in [-0.2, 0) is 20.9 Å². The highest BCUT2D eigenvalue weighted by molar-refractivity contribution is 5.89. The molecule has 2 aromatic carbocycles. The molecule has 0 aromatic heterocycles. The van der Waals surface area contributed by atoms with Gasteiger partial charge in [0.1, 0.15) is 0 Å². The van der Waals surface area contributed by atoms with Crippen molar-refractivity contribution in [3.05, 3.63) is 59.7 Å². The van der Waals surface area contributed by atoms with Crippen LogP contribution >= 0.6 is 0 Å². The number of carbonyl (C=O) groups excluding carboxylic acids is 2. The standard InChI is InChI=1S/C26H32N2O3/c1-4-19(2)17-27-13-11-26(12-14-27)23(25(30)31-3)16-24(29)28(26)18-20-9-10-21-7-5-6-8-22(21)15-20/h4-10,15,23H,11-14,16-18H2,1-3H3/b19-4+. The van der Waals surface area contributed by atoms with Gasteiger partial charge >= 0.3 is 5.97 Å². The number of fused-ring (bicyclic) bond motifs is 1. The maximum Gasteiger partial charge on any atom is 0.311 e. The van der Waals surface area contributed by atoms with Crippen molar-refractivity contribution < 1.29 is 14.3 Å². The lowest BCUT2D eigenvalue weighted by Gasteiger charge is -2.47. The summed E-state index contributed by atoms with van der Waals surface area (Å²) in [6.45, 7) is 7.43. The van der Waals surface area contributed by atoms with E-state index in [1.54, 1.807) is 0 Å². The van der Waals surface area contributed by atoms with E-state index in [2.05, 4.69) is 55.2 Å². The molecule has 2 fully saturated rings. The summed E-state index contributed by atoms with van der Waals surface area (Å²) in [6.07, 6.45) is 3.98. The molecule has 5 nitrogen and oxygen atoms in total. The summed E-state index contributed by atoms with van der Waals surface area (Å²) in [4.78, 5) is 30.2. The number of piperidine rings is 1. The third-order valence-electron chi connectivity index (χ3n) is 7.19. The number of hydrogen-bond donors (Lipinski definition) is 0. The minimum absolute atomic E-state index is 0.0571. The molecule has 0 saturated carbocycles. The van der Waals surface area contributed by atoms with Crippen LogP contribution < -0.4 is 0 Å². The van der Waals surface area contributed by atoms with Crippen molar-refractivity contribution in [1.82, 2.24) is 9.80 Å². The Morgan fingerprint density at radius 3 is 2.55 bits per heavy atom. The molecule has 2 aliphatic rings. The highest BCUT2D eigenvalue weighted by Gasteiger charge is 2.56. The Kier molecular flexibility index (Phi) is 6.15. The Labute approximate surface area is 184 Å². The first-order valence-electron chi connectivity index (χ1n) is 11.2. The predicted octanol–water partition coefficient (Wildman–Crippen LogP) is 4.16. The van der Waals surface area contributed by atoms with Crippen LogP contribution in [0.2, 0.25) is 0 Å². The van der Waals surface area contributed by atoms with Gasteiger partial charge in [0.15, 0.2) is 0 Å². The minimum Gasteiger partial charge on any atom is -0.469 e. The summed E-state index contributed by atoms with van der Waals surface area (Å²) in [7, 11) is 1.43. The number of ether oxygens (including phenoxy) is 1. The van der Waals surface area contributed by atoms with Gasteiger partial charge in [-0.25, -0.2) is 0 Å². The molecule has 31 heavy (non-hydrogen) atoms. The molecule has 1 spiro atoms. The molecular weight excluding hydrogens is 388 g/mol. The molecule has 0 bridgehead atoms. The van der Waals surface area contributed by atoms with E-state index in [9.17, 15) is 9.59 Å². The molecule has 0 N–H and O–H groups in total. The van der Waals surface area contributed by atoms with Crippen molar-refractivity contribution in [1.29, 1.82) is 0 Å². The van der Waals surface area contributed by atoms with Crippen LogP contribution in [-0.4, -0.2) is 54.0 Å². The van der Waals surface area contributed by atoms with Gasteiger partial charge in [0.05, 0.1) is 18.6 Å². The normalized spacial score (nSPS) is 21.8. The lowest BCUT2D eigenvalue weighted by atomic mass is 9.76. The van der Waals surface area contributed by atoms with Gasteiger partial charge in [0, 0.05) is 32.6 Å². The number of methoxy groups -OCH3 is 1. The Bertz CT molecular complexity index is 1000. The van der Waals surface area contributed by atoms with Crippen LogP contribution in [0, 0.1) is 5.92 Å². The zero-order chi connectivity index (χ0) is 22.0. The van der Waals surface area contributed by atoms with Crippen molar-refractivity contribution in [2.75, 3.05) is 26.7 Å². The third kappa shape index (κ3) is 4.11. The van der Waals surface area contributed by atoms with Crippen molar-refractivity contribution in [3.8, 4) is 0 Å². The van der Waals surface area contributed by atoms with Crippen molar-refractivity contribution in [2.45, 2.75) is 45.2 Å². The monoisotopic (exact) mass is 420 g/mol. The van der Waals surface area contributed by atoms with E-state index in [4.69, 9.17) is 4.74 Å². The number of nitrogens with zero attached hydrogens (tertiary/aromatic N) is 2. The van der Waals surface area contributed by atoms with Crippen LogP contribution in [0.1, 0.15) is 38.7 Å². The lowest BCUT2D eigenvalue weighted by molar-refractivity contribution is -0.150. The van der Waals surface area contributed by atoms with E-state index in [1.165, 1.54) is 23.5 Å². The van der Waals surface area contributed by atoms with E-state index in [0.29, 0.717) is 6.54 Å². The van der Waals surface area contributed by atoms with Gasteiger partial charge in [0.2, 0.25) is 5.91 Å². The fraction of sp³-hybridized carbons (Fsp3) is 0.462. The number of amides is 1. The van der Waals surface area contributed by atoms with Crippen LogP contribution in [0.25, 0.3) is 10.8 Å². The van der Waals surface area contributed by atoms with Crippen molar-refractivity contribution >= 4 is 22.6 Å². The quantitative estimate of drug-likeness (QED) is 0.538. The van der Waals surface area contributed by atoms with E-state index >= 15 is 0 Å². The number of likely N-dealkylation sites (tertiary alicyclic amines) is 2. The second kappa shape index (κ2) is 8.83. The second-order valence-corrected chi connectivity index (χ2v) is 8.96. The molecule has 4 rings (SSSR count). The molecule has 2 saturated heterocycles. The smallest absolute Gasteiger partial charge is 0.311 e. The van der Waals surface area contributed by atoms with Gasteiger partial charge in [-0.1, -0.05) is 48.0 Å². The molecule has 0 aliphatic carbocycles. The Morgan fingerprint density at radius 1 is 1.16 bits per heavy atom. The van der Waals surface area contributed by atoms with Gasteiger partial charge in [-0.15, -0.1) is 0 Å². The SMILES string of the molecule is C/C=C(\C)CN1CCC2(CC1)C(C(=O)OC)CC(=O)N2Cc1ccc2ccccc2c1. The van der Waals surface area contributed by atoms with Crippen LogP contribution in [0.15, 0.2) is 54.1 Å². The fourth-order valence-electron chi connectivity index (χ4n) is 5.28. The highest BCUT2D eigenvalue weighted by atomic mass is 16.5. The number of esters is 1. The topological polar surface area (TPSA) is 49.9 Å². The average Bonchev–Trinajstić information content (AvgIpc) is 3.06. The van der Waals surface area contributed by atoms with E-state index in [-0.39, 0.29) is 18.3 Å². The summed E-state index contributed by atoms with van der Waals surface area (Å²) in [5, 5.41) is 2.36. The summed E-state index contributed by atoms with van der Waals surface area (Å²) in [6, 6.07) is 14.6. The second-order valence-electron chi connectivity index (χ2n) is 8.96. The van der Waals surface area contributed by atoms with Gasteiger partial charge in [-0.05, 0) is 49.1 Å². The Morgan fingerprint density at radius 2 is 1.87 bits per heavy atom. The summed E-state index contributed by atoms with van der Waals surface area (Å²) in [5.74, 6) is -0.593. The highest BCUT2D eigenvalue weighted by Crippen LogP contribution is 2.45. The maximum absolute atomic E-state index is 13.1. The molecule has 2 aromatic rings. The van der Waals surface area contributed by atoms with E-state index in [0.717, 1.165) is 38.0 Å². The van der Waals surface area contributed by atoms with Gasteiger partial charge < -0.3 is 9.64 Å². The van der Waals surface area contributed by atoms with Crippen molar-refractivity contribution in [3.63, 3.8) is 0 Å². The van der Waals surface area contributed by atoms with E-state index < -0.39 is 11.5 Å². The molecule has 164 valence electrons. The zero-order valence-corrected chi connectivity index (χ0v) is 18.8. The number of allylic oxidation sites excluding steroid dienone is 1. The molecule has 2 aliphatic heterocycles. The molecule has 0 radical (unpaired) electrons. The molecule has 1 unspecified atom stereocenters. The molecule has 5 heteroatoms. The first-order valence-corrected chi connectivity index (χ1v) is 11.2. The van der Waals surface area contributed by atoms with Gasteiger partial charge in [0.25, 0.3) is 0 Å². The molecular formula is C26H32N2O3. The largest absolute Gasteiger partial charge is 0.469 e. The van der Waals surface area contributed by atoms with Crippen LogP contribution in [0.5, 0.6) is 0 Å². The number of carbonyl (C=O) groups is 2. The summed E-state index contributed by atoms with van der Waals surface area (Å²) in [5.41, 5.74) is 1.98. The Hall–Kier alpha value is -2.66. The fourth-order valence-corrected chi connectivity index (χ4v) is 5.28. The van der Waals surface area contributed by atoms with Crippen molar-refractivity contribution in [2.24, 2.45) is 5.92 Å². The minimum atomic E-state index is -0.462. The Balaban J connectivity index is 1.61. The van der Waals surface area contributed by atoms with Crippen LogP contribution in [0.4, 0.5) is 0 Å². The third-order valence-corrected chi connectivity index (χ3v) is 7.19. The van der Waals surface area contributed by atoms with E-state index in [1.807, 2.05) is 17.0 Å². The summed E-state index contributed by atoms with van der Waals surface area (Å²) >= 11 is 0. The summed E-state index contributed by atoms with van der Waals surface area (Å²) < 4.78 is 5.13. The molecule has 1 atom stereocenters. The molecule has 2 heterocycles.